The van der Waals surface area contributed by atoms with Gasteiger partial charge in [0.15, 0.2) is 0 Å². The van der Waals surface area contributed by atoms with Gasteiger partial charge in [0.05, 0.1) is 0 Å². The van der Waals surface area contributed by atoms with E-state index >= 15 is 0 Å². The largest absolute Gasteiger partial charge is 0.182 e. The lowest BCUT2D eigenvalue weighted by Gasteiger charge is -2.09. The number of hydrogen-bond donors (Lipinski definition) is 1. The van der Waals surface area contributed by atoms with E-state index in [1.54, 1.807) is 16.5 Å². The lowest BCUT2D eigenvalue weighted by atomic mass is 10.1. The summed E-state index contributed by atoms with van der Waals surface area (Å²) in [5, 5.41) is 7.72. The van der Waals surface area contributed by atoms with Gasteiger partial charge in [-0.1, -0.05) is 39.0 Å². The van der Waals surface area contributed by atoms with Crippen LogP contribution >= 0.6 is 11.9 Å². The molecule has 0 aromatic rings. The first-order valence-electron chi connectivity index (χ1n) is 5.47. The second-order valence-corrected chi connectivity index (χ2v) is 4.43. The van der Waals surface area contributed by atoms with Crippen molar-refractivity contribution in [1.82, 2.24) is 9.95 Å². The van der Waals surface area contributed by atoms with Gasteiger partial charge in [0.1, 0.15) is 6.67 Å². The topological polar surface area (TPSA) is 40.0 Å². The molecule has 0 fully saturated rings. The summed E-state index contributed by atoms with van der Waals surface area (Å²) in [6, 6.07) is 0. The van der Waals surface area contributed by atoms with Crippen molar-refractivity contribution in [3.8, 4) is 0 Å². The number of hydrazine groups is 1. The molecule has 1 aliphatic heterocycles. The monoisotopic (exact) mass is 216 g/mol. The first-order chi connectivity index (χ1) is 6.93. The Hall–Kier alpha value is -0.290. The molecule has 0 aromatic heterocycles. The fourth-order valence-electron chi connectivity index (χ4n) is 1.32. The van der Waals surface area contributed by atoms with E-state index in [4.69, 9.17) is 0 Å². The van der Waals surface area contributed by atoms with E-state index in [1.165, 1.54) is 38.5 Å². The van der Waals surface area contributed by atoms with Gasteiger partial charge in [0, 0.05) is 5.75 Å². The van der Waals surface area contributed by atoms with Gasteiger partial charge in [-0.3, -0.25) is 0 Å². The average Bonchev–Trinajstić information content (AvgIpc) is 2.69. The Kier molecular flexibility index (Phi) is 6.78. The number of rotatable bonds is 8. The Labute approximate surface area is 90.6 Å². The van der Waals surface area contributed by atoms with E-state index in [9.17, 15) is 0 Å². The van der Waals surface area contributed by atoms with Gasteiger partial charge in [-0.2, -0.15) is 10.5 Å². The second-order valence-electron chi connectivity index (χ2n) is 3.42. The summed E-state index contributed by atoms with van der Waals surface area (Å²) in [6.45, 7) is 2.88. The van der Waals surface area contributed by atoms with Crippen molar-refractivity contribution in [2.75, 3.05) is 12.4 Å². The molecule has 1 aliphatic rings. The SMILES string of the molecule is CCCCCCCCSN1N=NCN1. The highest BCUT2D eigenvalue weighted by atomic mass is 32.2. The third-order valence-electron chi connectivity index (χ3n) is 2.13. The molecule has 0 spiro atoms. The molecule has 0 unspecified atom stereocenters. The van der Waals surface area contributed by atoms with E-state index in [-0.39, 0.29) is 0 Å². The minimum atomic E-state index is 0.628. The number of hydrogen-bond acceptors (Lipinski definition) is 5. The second kappa shape index (κ2) is 8.05. The lowest BCUT2D eigenvalue weighted by molar-refractivity contribution is 0.427. The van der Waals surface area contributed by atoms with Gasteiger partial charge < -0.3 is 0 Å². The fourth-order valence-corrected chi connectivity index (χ4v) is 2.08. The summed E-state index contributed by atoms with van der Waals surface area (Å²) in [4.78, 5) is 0. The summed E-state index contributed by atoms with van der Waals surface area (Å²) in [7, 11) is 0. The van der Waals surface area contributed by atoms with Crippen LogP contribution in [0.25, 0.3) is 0 Å². The predicted molar refractivity (Wildman–Crippen MR) is 60.5 cm³/mol. The zero-order chi connectivity index (χ0) is 10.1. The van der Waals surface area contributed by atoms with Crippen LogP contribution in [0, 0.1) is 0 Å². The molecule has 1 N–H and O–H groups in total. The molecule has 0 radical (unpaired) electrons. The minimum absolute atomic E-state index is 0.628. The molecule has 14 heavy (non-hydrogen) atoms. The first-order valence-corrected chi connectivity index (χ1v) is 6.41. The Morgan fingerprint density at radius 3 is 2.71 bits per heavy atom. The summed E-state index contributed by atoms with van der Waals surface area (Å²) < 4.78 is 1.76. The van der Waals surface area contributed by atoms with Gasteiger partial charge in [-0.05, 0) is 23.6 Å². The van der Waals surface area contributed by atoms with Crippen LogP contribution in [0.4, 0.5) is 0 Å². The molecule has 0 atom stereocenters. The maximum atomic E-state index is 3.89. The van der Waals surface area contributed by atoms with Gasteiger partial charge in [-0.25, -0.2) is 0 Å². The quantitative estimate of drug-likeness (QED) is 0.500. The van der Waals surface area contributed by atoms with Crippen molar-refractivity contribution < 1.29 is 0 Å². The van der Waals surface area contributed by atoms with Crippen molar-refractivity contribution in [2.24, 2.45) is 10.3 Å². The molecule has 0 saturated heterocycles. The third kappa shape index (κ3) is 5.44. The van der Waals surface area contributed by atoms with E-state index in [0.29, 0.717) is 6.67 Å². The molecular formula is C9H20N4S. The van der Waals surface area contributed by atoms with Crippen LogP contribution < -0.4 is 5.43 Å². The van der Waals surface area contributed by atoms with Crippen LogP contribution in [0.5, 0.6) is 0 Å². The predicted octanol–water partition coefficient (Wildman–Crippen LogP) is 3.14. The molecule has 0 aromatic carbocycles. The van der Waals surface area contributed by atoms with Crippen molar-refractivity contribution in [3.05, 3.63) is 0 Å². The molecule has 0 saturated carbocycles. The van der Waals surface area contributed by atoms with Crippen LogP contribution in [-0.4, -0.2) is 16.9 Å². The number of nitrogens with zero attached hydrogens (tertiary/aromatic N) is 3. The fraction of sp³-hybridized carbons (Fsp3) is 1.00. The van der Waals surface area contributed by atoms with Gasteiger partial charge in [0.25, 0.3) is 0 Å². The van der Waals surface area contributed by atoms with E-state index in [1.807, 2.05) is 0 Å². The first kappa shape index (κ1) is 11.8. The highest BCUT2D eigenvalue weighted by molar-refractivity contribution is 7.96. The highest BCUT2D eigenvalue weighted by Crippen LogP contribution is 2.14. The highest BCUT2D eigenvalue weighted by Gasteiger charge is 2.05. The van der Waals surface area contributed by atoms with Gasteiger partial charge >= 0.3 is 0 Å². The van der Waals surface area contributed by atoms with Crippen LogP contribution in [0.3, 0.4) is 0 Å². The number of unbranched alkanes of at least 4 members (excludes halogenated alkanes) is 5. The Bertz CT molecular complexity index is 163. The molecule has 82 valence electrons. The van der Waals surface area contributed by atoms with Crippen molar-refractivity contribution in [2.45, 2.75) is 45.4 Å². The average molecular weight is 216 g/mol. The summed E-state index contributed by atoms with van der Waals surface area (Å²) in [5.41, 5.74) is 3.03. The van der Waals surface area contributed by atoms with Crippen LogP contribution in [0.15, 0.2) is 10.3 Å². The molecule has 0 aliphatic carbocycles. The van der Waals surface area contributed by atoms with Crippen molar-refractivity contribution in [3.63, 3.8) is 0 Å². The van der Waals surface area contributed by atoms with Crippen LogP contribution in [-0.2, 0) is 0 Å². The van der Waals surface area contributed by atoms with Gasteiger partial charge in [-0.15, -0.1) is 4.52 Å². The summed E-state index contributed by atoms with van der Waals surface area (Å²) in [6.07, 6.45) is 8.11. The molecule has 4 nitrogen and oxygen atoms in total. The molecule has 1 rings (SSSR count). The van der Waals surface area contributed by atoms with Gasteiger partial charge in [0.2, 0.25) is 0 Å². The smallest absolute Gasteiger partial charge is 0.131 e. The van der Waals surface area contributed by atoms with Crippen LogP contribution in [0.2, 0.25) is 0 Å². The maximum Gasteiger partial charge on any atom is 0.131 e. The van der Waals surface area contributed by atoms with Crippen molar-refractivity contribution in [1.29, 1.82) is 0 Å². The maximum absolute atomic E-state index is 3.89. The Balaban J connectivity index is 1.77. The normalized spacial score (nSPS) is 15.4. The zero-order valence-corrected chi connectivity index (χ0v) is 9.72. The van der Waals surface area contributed by atoms with Crippen LogP contribution in [0.1, 0.15) is 45.4 Å². The molecule has 5 heteroatoms. The minimum Gasteiger partial charge on any atom is -0.182 e. The summed E-state index contributed by atoms with van der Waals surface area (Å²) in [5.74, 6) is 1.14. The zero-order valence-electron chi connectivity index (χ0n) is 8.91. The molecule has 0 bridgehead atoms. The van der Waals surface area contributed by atoms with Crippen molar-refractivity contribution >= 4 is 11.9 Å². The standard InChI is InChI=1S/C9H20N4S/c1-2-3-4-5-6-7-8-14-13-11-9-10-12-13/h11H,2-9H2,1H3. The number of nitrogens with one attached hydrogen (secondary N) is 1. The van der Waals surface area contributed by atoms with E-state index in [2.05, 4.69) is 22.7 Å². The Morgan fingerprint density at radius 2 is 2.00 bits per heavy atom. The molecule has 1 heterocycles. The third-order valence-corrected chi connectivity index (χ3v) is 3.05. The molecule has 0 amide bonds. The Morgan fingerprint density at radius 1 is 1.21 bits per heavy atom. The lowest BCUT2D eigenvalue weighted by Crippen LogP contribution is -2.21. The summed E-state index contributed by atoms with van der Waals surface area (Å²) >= 11 is 1.71. The van der Waals surface area contributed by atoms with E-state index < -0.39 is 0 Å². The van der Waals surface area contributed by atoms with E-state index in [0.717, 1.165) is 5.75 Å². The molecular weight excluding hydrogens is 196 g/mol.